The van der Waals surface area contributed by atoms with E-state index in [-0.39, 0.29) is 12.0 Å². The van der Waals surface area contributed by atoms with Crippen molar-refractivity contribution in [1.29, 1.82) is 0 Å². The van der Waals surface area contributed by atoms with Gasteiger partial charge in [-0.3, -0.25) is 4.57 Å². The number of nitrogens with zero attached hydrogens (tertiary/aromatic N) is 3. The molecule has 3 aromatic heterocycles. The molecule has 7 aromatic carbocycles. The first-order valence-electron chi connectivity index (χ1n) is 19.2. The Morgan fingerprint density at radius 2 is 1.23 bits per heavy atom. The molecule has 4 heterocycles. The van der Waals surface area contributed by atoms with Gasteiger partial charge in [-0.25, -0.2) is 9.97 Å². The summed E-state index contributed by atoms with van der Waals surface area (Å²) in [6, 6.07) is 53.9. The van der Waals surface area contributed by atoms with Gasteiger partial charge >= 0.3 is 0 Å². The minimum absolute atomic E-state index is 0.0433. The van der Waals surface area contributed by atoms with E-state index in [0.29, 0.717) is 0 Å². The summed E-state index contributed by atoms with van der Waals surface area (Å²) in [5.41, 5.74) is 13.0. The van der Waals surface area contributed by atoms with Crippen LogP contribution in [0.4, 0.5) is 0 Å². The Morgan fingerprint density at radius 1 is 0.518 bits per heavy atom. The Labute approximate surface area is 321 Å². The van der Waals surface area contributed by atoms with E-state index >= 15 is 0 Å². The normalized spacial score (nSPS) is 19.1. The van der Waals surface area contributed by atoms with Crippen molar-refractivity contribution >= 4 is 54.8 Å². The van der Waals surface area contributed by atoms with Crippen LogP contribution in [-0.4, -0.2) is 20.6 Å². The van der Waals surface area contributed by atoms with Crippen LogP contribution in [0.15, 0.2) is 180 Å². The number of rotatable bonds is 2. The maximum atomic E-state index is 6.77. The van der Waals surface area contributed by atoms with E-state index in [9.17, 15) is 0 Å². The maximum Gasteiger partial charge on any atom is 0.165 e. The Balaban J connectivity index is 1.18. The number of para-hydroxylation sites is 6. The molecule has 10 aromatic rings. The van der Waals surface area contributed by atoms with Crippen molar-refractivity contribution in [1.82, 2.24) is 14.5 Å². The lowest BCUT2D eigenvalue weighted by Crippen LogP contribution is -2.47. The number of hydrogen-bond acceptors (Lipinski definition) is 4. The molecule has 1 spiro atoms. The molecular formula is C51H31N3O2. The number of allylic oxidation sites excluding steroid dienone is 2. The molecular weight excluding hydrogens is 687 g/mol. The Morgan fingerprint density at radius 3 is 2.16 bits per heavy atom. The van der Waals surface area contributed by atoms with E-state index in [4.69, 9.17) is 19.1 Å². The Kier molecular flexibility index (Phi) is 5.88. The predicted molar refractivity (Wildman–Crippen MR) is 225 cm³/mol. The molecule has 1 aliphatic heterocycles. The SMILES string of the molecule is C1=CC2Oc3ccccc3C3(c4ccccc4-c4cc5c6ccccc6n(-c6nc7ccccc7nc6-c6cccc7c6oc6ccccc67)c5cc43)C2C=C1. The molecule has 3 unspecified atom stereocenters. The van der Waals surface area contributed by atoms with Gasteiger partial charge < -0.3 is 9.15 Å². The number of benzene rings is 7. The lowest BCUT2D eigenvalue weighted by atomic mass is 9.60. The average molecular weight is 718 g/mol. The monoisotopic (exact) mass is 717 g/mol. The van der Waals surface area contributed by atoms with Crippen LogP contribution in [-0.2, 0) is 5.41 Å². The second-order valence-corrected chi connectivity index (χ2v) is 15.2. The van der Waals surface area contributed by atoms with Gasteiger partial charge in [0.25, 0.3) is 0 Å². The number of hydrogen-bond donors (Lipinski definition) is 0. The van der Waals surface area contributed by atoms with Gasteiger partial charge in [0, 0.05) is 38.6 Å². The van der Waals surface area contributed by atoms with E-state index < -0.39 is 5.41 Å². The first-order chi connectivity index (χ1) is 27.8. The summed E-state index contributed by atoms with van der Waals surface area (Å²) in [5, 5.41) is 4.47. The van der Waals surface area contributed by atoms with Crippen molar-refractivity contribution in [3.8, 4) is 34.0 Å². The fourth-order valence-electron chi connectivity index (χ4n) is 10.2. The highest BCUT2D eigenvalue weighted by Gasteiger charge is 2.56. The highest BCUT2D eigenvalue weighted by atomic mass is 16.5. The largest absolute Gasteiger partial charge is 0.485 e. The molecule has 0 N–H and O–H groups in total. The van der Waals surface area contributed by atoms with Gasteiger partial charge in [0.2, 0.25) is 0 Å². The third-order valence-electron chi connectivity index (χ3n) is 12.5. The van der Waals surface area contributed by atoms with Gasteiger partial charge in [-0.1, -0.05) is 121 Å². The highest BCUT2D eigenvalue weighted by molar-refractivity contribution is 6.13. The first kappa shape index (κ1) is 30.1. The molecule has 0 saturated heterocycles. The smallest absolute Gasteiger partial charge is 0.165 e. The van der Waals surface area contributed by atoms with Crippen LogP contribution in [0.2, 0.25) is 0 Å². The molecule has 3 atom stereocenters. The maximum absolute atomic E-state index is 6.77. The Bertz CT molecular complexity index is 3390. The summed E-state index contributed by atoms with van der Waals surface area (Å²) in [7, 11) is 0. The van der Waals surface area contributed by atoms with Crippen LogP contribution in [0.25, 0.3) is 83.0 Å². The summed E-state index contributed by atoms with van der Waals surface area (Å²) in [5.74, 6) is 1.73. The van der Waals surface area contributed by atoms with E-state index in [1.807, 2.05) is 30.3 Å². The molecule has 0 amide bonds. The van der Waals surface area contributed by atoms with Gasteiger partial charge in [-0.2, -0.15) is 0 Å². The molecule has 3 aliphatic rings. The first-order valence-corrected chi connectivity index (χ1v) is 19.2. The van der Waals surface area contributed by atoms with Crippen LogP contribution >= 0.6 is 0 Å². The standard InChI is InChI=1S/C51H31N3O2/c1-4-19-37-30(14-1)35-28-36-31-15-2-9-24-43(31)54(44(36)29-40(35)51(37)38-20-5-11-26-46(38)55-47-27-12-6-21-39(47)51)50-48(52-41-22-7-8-23-42(41)53-50)34-18-13-17-33-32-16-3-10-25-45(32)56-49(33)34/h1-29,38,46H. The van der Waals surface area contributed by atoms with Gasteiger partial charge in [0.05, 0.1) is 27.5 Å². The summed E-state index contributed by atoms with van der Waals surface area (Å²) in [6.45, 7) is 0. The van der Waals surface area contributed by atoms with Crippen molar-refractivity contribution in [2.24, 2.45) is 5.92 Å². The van der Waals surface area contributed by atoms with Crippen molar-refractivity contribution in [2.75, 3.05) is 0 Å². The van der Waals surface area contributed by atoms with Crippen LogP contribution in [0.1, 0.15) is 16.7 Å². The molecule has 262 valence electrons. The third kappa shape index (κ3) is 3.79. The van der Waals surface area contributed by atoms with Crippen molar-refractivity contribution in [2.45, 2.75) is 11.5 Å². The van der Waals surface area contributed by atoms with Gasteiger partial charge in [0.15, 0.2) is 5.82 Å². The van der Waals surface area contributed by atoms with Crippen LogP contribution in [0, 0.1) is 5.92 Å². The van der Waals surface area contributed by atoms with E-state index in [2.05, 4.69) is 150 Å². The minimum atomic E-state index is -0.486. The van der Waals surface area contributed by atoms with E-state index in [1.165, 1.54) is 33.2 Å². The number of aromatic nitrogens is 3. The second kappa shape index (κ2) is 10.9. The Hall–Kier alpha value is -7.24. The van der Waals surface area contributed by atoms with E-state index in [1.54, 1.807) is 0 Å². The zero-order valence-corrected chi connectivity index (χ0v) is 30.1. The lowest BCUT2D eigenvalue weighted by molar-refractivity contribution is 0.141. The summed E-state index contributed by atoms with van der Waals surface area (Å²) in [4.78, 5) is 10.9. The summed E-state index contributed by atoms with van der Waals surface area (Å²) >= 11 is 0. The number of fused-ring (bicyclic) bond motifs is 16. The molecule has 0 saturated carbocycles. The minimum Gasteiger partial charge on any atom is -0.485 e. The fourth-order valence-corrected chi connectivity index (χ4v) is 10.2. The lowest BCUT2D eigenvalue weighted by Gasteiger charge is -2.47. The highest BCUT2D eigenvalue weighted by Crippen LogP contribution is 2.62. The molecule has 5 nitrogen and oxygen atoms in total. The number of ether oxygens (including phenoxy) is 1. The summed E-state index contributed by atoms with van der Waals surface area (Å²) in [6.07, 6.45) is 8.76. The second-order valence-electron chi connectivity index (χ2n) is 15.2. The van der Waals surface area contributed by atoms with Crippen LogP contribution in [0.3, 0.4) is 0 Å². The van der Waals surface area contributed by atoms with Crippen molar-refractivity contribution in [3.63, 3.8) is 0 Å². The molecule has 0 fully saturated rings. The van der Waals surface area contributed by atoms with Crippen LogP contribution < -0.4 is 4.74 Å². The van der Waals surface area contributed by atoms with Crippen molar-refractivity contribution in [3.05, 3.63) is 193 Å². The fraction of sp³-hybridized carbons (Fsp3) is 0.0588. The van der Waals surface area contributed by atoms with Gasteiger partial charge in [-0.15, -0.1) is 0 Å². The quantitative estimate of drug-likeness (QED) is 0.179. The van der Waals surface area contributed by atoms with E-state index in [0.717, 1.165) is 72.2 Å². The molecule has 0 radical (unpaired) electrons. The zero-order chi connectivity index (χ0) is 36.5. The van der Waals surface area contributed by atoms with Crippen molar-refractivity contribution < 1.29 is 9.15 Å². The van der Waals surface area contributed by atoms with Crippen LogP contribution in [0.5, 0.6) is 5.75 Å². The number of furan rings is 1. The molecule has 5 heteroatoms. The molecule has 2 aliphatic carbocycles. The third-order valence-corrected chi connectivity index (χ3v) is 12.5. The summed E-state index contributed by atoms with van der Waals surface area (Å²) < 4.78 is 15.8. The molecule has 0 bridgehead atoms. The molecule has 56 heavy (non-hydrogen) atoms. The predicted octanol–water partition coefficient (Wildman–Crippen LogP) is 12.1. The molecule has 13 rings (SSSR count). The topological polar surface area (TPSA) is 53.1 Å². The average Bonchev–Trinajstić information content (AvgIpc) is 3.89. The van der Waals surface area contributed by atoms with Gasteiger partial charge in [0.1, 0.15) is 28.7 Å². The van der Waals surface area contributed by atoms with Gasteiger partial charge in [-0.05, 0) is 76.9 Å². The zero-order valence-electron chi connectivity index (χ0n) is 30.1.